The first-order chi connectivity index (χ1) is 9.31. The van der Waals surface area contributed by atoms with Crippen molar-refractivity contribution in [2.24, 2.45) is 11.7 Å². The summed E-state index contributed by atoms with van der Waals surface area (Å²) in [7, 11) is 2.16. The highest BCUT2D eigenvalue weighted by molar-refractivity contribution is 5.18. The number of rotatable bonds is 9. The highest BCUT2D eigenvalue weighted by Gasteiger charge is 2.21. The van der Waals surface area contributed by atoms with Crippen molar-refractivity contribution in [3.8, 4) is 0 Å². The molecule has 0 bridgehead atoms. The van der Waals surface area contributed by atoms with Crippen LogP contribution in [-0.2, 0) is 4.74 Å². The second-order valence-corrected chi connectivity index (χ2v) is 5.50. The summed E-state index contributed by atoms with van der Waals surface area (Å²) in [6, 6.07) is 11.0. The minimum absolute atomic E-state index is 0.399. The van der Waals surface area contributed by atoms with Gasteiger partial charge >= 0.3 is 0 Å². The summed E-state index contributed by atoms with van der Waals surface area (Å²) in [5.41, 5.74) is 7.09. The van der Waals surface area contributed by atoms with Crippen molar-refractivity contribution in [2.45, 2.75) is 25.3 Å². The molecule has 106 valence electrons. The van der Waals surface area contributed by atoms with Crippen LogP contribution in [0.1, 0.15) is 30.9 Å². The van der Waals surface area contributed by atoms with E-state index in [4.69, 9.17) is 10.5 Å². The van der Waals surface area contributed by atoms with Crippen LogP contribution < -0.4 is 5.73 Å². The molecule has 1 aromatic rings. The molecule has 0 saturated heterocycles. The van der Waals surface area contributed by atoms with E-state index in [1.807, 2.05) is 0 Å². The number of hydrogen-bond donors (Lipinski definition) is 1. The van der Waals surface area contributed by atoms with E-state index in [1.54, 1.807) is 0 Å². The van der Waals surface area contributed by atoms with E-state index in [1.165, 1.54) is 18.4 Å². The van der Waals surface area contributed by atoms with Crippen molar-refractivity contribution in [1.29, 1.82) is 0 Å². The number of nitrogens with two attached hydrogens (primary N) is 1. The monoisotopic (exact) mass is 262 g/mol. The Balaban J connectivity index is 1.79. The van der Waals surface area contributed by atoms with Gasteiger partial charge in [0.25, 0.3) is 0 Å². The van der Waals surface area contributed by atoms with Crippen LogP contribution in [0.4, 0.5) is 0 Å². The zero-order chi connectivity index (χ0) is 13.5. The molecule has 2 N–H and O–H groups in total. The summed E-state index contributed by atoms with van der Waals surface area (Å²) in [6.07, 6.45) is 3.70. The molecule has 19 heavy (non-hydrogen) atoms. The van der Waals surface area contributed by atoms with E-state index < -0.39 is 0 Å². The number of ether oxygens (including phenoxy) is 1. The maximum absolute atomic E-state index is 5.75. The third-order valence-electron chi connectivity index (χ3n) is 3.80. The van der Waals surface area contributed by atoms with Crippen molar-refractivity contribution >= 4 is 0 Å². The van der Waals surface area contributed by atoms with E-state index in [0.717, 1.165) is 32.1 Å². The zero-order valence-electron chi connectivity index (χ0n) is 11.9. The van der Waals surface area contributed by atoms with Gasteiger partial charge in [-0.3, -0.25) is 4.90 Å². The molecule has 0 heterocycles. The van der Waals surface area contributed by atoms with Crippen molar-refractivity contribution in [3.05, 3.63) is 35.9 Å². The van der Waals surface area contributed by atoms with Crippen LogP contribution in [0.15, 0.2) is 30.3 Å². The molecule has 1 aromatic carbocycles. The second kappa shape index (κ2) is 7.63. The third kappa shape index (κ3) is 4.94. The Bertz CT molecular complexity index is 351. The van der Waals surface area contributed by atoms with Gasteiger partial charge in [-0.1, -0.05) is 30.3 Å². The largest absolute Gasteiger partial charge is 0.380 e. The number of hydrogen-bond acceptors (Lipinski definition) is 3. The molecule has 1 unspecified atom stereocenters. The molecule has 0 aliphatic heterocycles. The van der Waals surface area contributed by atoms with Gasteiger partial charge in [0, 0.05) is 19.2 Å². The molecular formula is C16H26N2O. The smallest absolute Gasteiger partial charge is 0.0593 e. The minimum Gasteiger partial charge on any atom is -0.380 e. The Morgan fingerprint density at radius 3 is 2.68 bits per heavy atom. The van der Waals surface area contributed by atoms with Crippen molar-refractivity contribution in [1.82, 2.24) is 4.90 Å². The first-order valence-electron chi connectivity index (χ1n) is 7.34. The Hall–Kier alpha value is -0.900. The molecule has 1 aliphatic carbocycles. The molecule has 2 rings (SSSR count). The molecule has 1 atom stereocenters. The minimum atomic E-state index is 0.399. The van der Waals surface area contributed by atoms with Gasteiger partial charge in [0.15, 0.2) is 0 Å². The quantitative estimate of drug-likeness (QED) is 0.695. The van der Waals surface area contributed by atoms with Crippen molar-refractivity contribution in [2.75, 3.05) is 33.4 Å². The Morgan fingerprint density at radius 1 is 1.32 bits per heavy atom. The van der Waals surface area contributed by atoms with E-state index >= 15 is 0 Å². The summed E-state index contributed by atoms with van der Waals surface area (Å²) in [5, 5.41) is 0. The average Bonchev–Trinajstić information content (AvgIpc) is 3.26. The molecule has 1 fully saturated rings. The van der Waals surface area contributed by atoms with Crippen LogP contribution in [-0.4, -0.2) is 38.3 Å². The van der Waals surface area contributed by atoms with Crippen LogP contribution in [0.2, 0.25) is 0 Å². The Morgan fingerprint density at radius 2 is 2.05 bits per heavy atom. The Kier molecular flexibility index (Phi) is 5.83. The second-order valence-electron chi connectivity index (χ2n) is 5.50. The maximum atomic E-state index is 5.75. The molecule has 1 saturated carbocycles. The van der Waals surface area contributed by atoms with E-state index in [-0.39, 0.29) is 0 Å². The van der Waals surface area contributed by atoms with Crippen LogP contribution >= 0.6 is 0 Å². The molecule has 1 aliphatic rings. The normalized spacial score (nSPS) is 16.8. The summed E-state index contributed by atoms with van der Waals surface area (Å²) >= 11 is 0. The maximum Gasteiger partial charge on any atom is 0.0593 e. The number of likely N-dealkylation sites (N-methyl/N-ethyl adjacent to an activating group) is 1. The van der Waals surface area contributed by atoms with Crippen molar-refractivity contribution in [3.63, 3.8) is 0 Å². The highest BCUT2D eigenvalue weighted by Crippen LogP contribution is 2.28. The van der Waals surface area contributed by atoms with Crippen LogP contribution in [0, 0.1) is 5.92 Å². The summed E-state index contributed by atoms with van der Waals surface area (Å²) < 4.78 is 5.72. The fourth-order valence-electron chi connectivity index (χ4n) is 2.37. The van der Waals surface area contributed by atoms with Gasteiger partial charge < -0.3 is 10.5 Å². The lowest BCUT2D eigenvalue weighted by Crippen LogP contribution is -2.30. The van der Waals surface area contributed by atoms with Gasteiger partial charge in [0.1, 0.15) is 0 Å². The highest BCUT2D eigenvalue weighted by atomic mass is 16.5. The molecule has 0 spiro atoms. The zero-order valence-corrected chi connectivity index (χ0v) is 11.9. The molecule has 0 radical (unpaired) electrons. The molecule has 0 amide bonds. The molecule has 3 heteroatoms. The average molecular weight is 262 g/mol. The molecule has 0 aromatic heterocycles. The van der Waals surface area contributed by atoms with Crippen LogP contribution in [0.3, 0.4) is 0 Å². The topological polar surface area (TPSA) is 38.5 Å². The first kappa shape index (κ1) is 14.5. The van der Waals surface area contributed by atoms with E-state index in [0.29, 0.717) is 12.6 Å². The molecule has 3 nitrogen and oxygen atoms in total. The van der Waals surface area contributed by atoms with Gasteiger partial charge in [0.05, 0.1) is 6.61 Å². The summed E-state index contributed by atoms with van der Waals surface area (Å²) in [4.78, 5) is 2.36. The fourth-order valence-corrected chi connectivity index (χ4v) is 2.37. The standard InChI is InChI=1S/C16H26N2O/c1-18(11-12-19-13-14-7-8-14)16(9-10-17)15-5-3-2-4-6-15/h2-6,14,16H,7-13,17H2,1H3. The van der Waals surface area contributed by atoms with Gasteiger partial charge in [-0.25, -0.2) is 0 Å². The lowest BCUT2D eigenvalue weighted by Gasteiger charge is -2.28. The third-order valence-corrected chi connectivity index (χ3v) is 3.80. The van der Waals surface area contributed by atoms with E-state index in [9.17, 15) is 0 Å². The van der Waals surface area contributed by atoms with E-state index in [2.05, 4.69) is 42.3 Å². The fraction of sp³-hybridized carbons (Fsp3) is 0.625. The predicted octanol–water partition coefficient (Wildman–Crippen LogP) is 2.43. The van der Waals surface area contributed by atoms with Gasteiger partial charge in [-0.2, -0.15) is 0 Å². The van der Waals surface area contributed by atoms with Crippen molar-refractivity contribution < 1.29 is 4.74 Å². The number of benzene rings is 1. The lowest BCUT2D eigenvalue weighted by molar-refractivity contribution is 0.0900. The SMILES string of the molecule is CN(CCOCC1CC1)C(CCN)c1ccccc1. The van der Waals surface area contributed by atoms with Gasteiger partial charge in [-0.05, 0) is 44.3 Å². The van der Waals surface area contributed by atoms with Crippen LogP contribution in [0.25, 0.3) is 0 Å². The van der Waals surface area contributed by atoms with Gasteiger partial charge in [-0.15, -0.1) is 0 Å². The number of nitrogens with zero attached hydrogens (tertiary/aromatic N) is 1. The molecular weight excluding hydrogens is 236 g/mol. The first-order valence-corrected chi connectivity index (χ1v) is 7.34. The van der Waals surface area contributed by atoms with Crippen LogP contribution in [0.5, 0.6) is 0 Å². The summed E-state index contributed by atoms with van der Waals surface area (Å²) in [5.74, 6) is 0.847. The van der Waals surface area contributed by atoms with Gasteiger partial charge in [0.2, 0.25) is 0 Å². The predicted molar refractivity (Wildman–Crippen MR) is 79.0 cm³/mol. The summed E-state index contributed by atoms with van der Waals surface area (Å²) in [6.45, 7) is 3.45. The lowest BCUT2D eigenvalue weighted by atomic mass is 10.0. The Labute approximate surface area is 116 Å².